The van der Waals surface area contributed by atoms with E-state index in [0.29, 0.717) is 15.4 Å². The Hall–Kier alpha value is -2.89. The summed E-state index contributed by atoms with van der Waals surface area (Å²) in [7, 11) is 0. The molecule has 2 aromatic heterocycles. The second-order valence-electron chi connectivity index (χ2n) is 7.60. The Bertz CT molecular complexity index is 1210. The molecule has 0 aliphatic rings. The molecule has 0 radical (unpaired) electrons. The van der Waals surface area contributed by atoms with E-state index in [0.717, 1.165) is 11.1 Å². The molecular weight excluding hydrogens is 428 g/mol. The van der Waals surface area contributed by atoms with Crippen LogP contribution in [-0.2, 0) is 11.3 Å². The molecule has 8 heteroatoms. The van der Waals surface area contributed by atoms with E-state index in [-0.39, 0.29) is 29.7 Å². The number of allylic oxidation sites excluding steroid dienone is 1. The van der Waals surface area contributed by atoms with E-state index < -0.39 is 5.54 Å². The second-order valence-corrected chi connectivity index (χ2v) is 9.40. The first kappa shape index (κ1) is 22.8. The summed E-state index contributed by atoms with van der Waals surface area (Å²) in [5, 5.41) is 15.2. The van der Waals surface area contributed by atoms with E-state index in [2.05, 4.69) is 22.9 Å². The maximum Gasteiger partial charge on any atom is 0.263 e. The minimum atomic E-state index is -0.950. The van der Waals surface area contributed by atoms with E-state index in [1.807, 2.05) is 49.6 Å². The summed E-state index contributed by atoms with van der Waals surface area (Å²) in [5.41, 5.74) is 0.708. The van der Waals surface area contributed by atoms with Crippen LogP contribution in [0.3, 0.4) is 0 Å². The van der Waals surface area contributed by atoms with Crippen LogP contribution in [0.15, 0.2) is 58.3 Å². The van der Waals surface area contributed by atoms with Gasteiger partial charge in [0.1, 0.15) is 10.4 Å². The van der Waals surface area contributed by atoms with Gasteiger partial charge < -0.3 is 5.32 Å². The van der Waals surface area contributed by atoms with Crippen LogP contribution in [0.1, 0.15) is 20.8 Å². The van der Waals surface area contributed by atoms with Gasteiger partial charge in [0.15, 0.2) is 5.16 Å². The summed E-state index contributed by atoms with van der Waals surface area (Å²) < 4.78 is 1.54. The lowest BCUT2D eigenvalue weighted by atomic mass is 9.90. The Morgan fingerprint density at radius 3 is 2.74 bits per heavy atom. The van der Waals surface area contributed by atoms with Gasteiger partial charge in [-0.25, -0.2) is 4.98 Å². The number of carbonyl (C=O) groups is 1. The van der Waals surface area contributed by atoms with Gasteiger partial charge in [0.05, 0.1) is 17.2 Å². The summed E-state index contributed by atoms with van der Waals surface area (Å²) in [4.78, 5) is 31.1. The zero-order valence-electron chi connectivity index (χ0n) is 17.7. The van der Waals surface area contributed by atoms with Gasteiger partial charge in [-0.3, -0.25) is 14.2 Å². The Kier molecular flexibility index (Phi) is 6.98. The van der Waals surface area contributed by atoms with Gasteiger partial charge in [0.2, 0.25) is 5.91 Å². The minimum Gasteiger partial charge on any atom is -0.337 e. The van der Waals surface area contributed by atoms with Crippen molar-refractivity contribution in [1.29, 1.82) is 5.26 Å². The van der Waals surface area contributed by atoms with Crippen molar-refractivity contribution in [3.05, 3.63) is 58.7 Å². The van der Waals surface area contributed by atoms with E-state index in [9.17, 15) is 14.9 Å². The molecule has 3 aromatic rings. The number of amides is 1. The fourth-order valence-corrected chi connectivity index (χ4v) is 4.79. The number of rotatable bonds is 8. The highest BCUT2D eigenvalue weighted by molar-refractivity contribution is 7.99. The van der Waals surface area contributed by atoms with Crippen LogP contribution in [0.5, 0.6) is 0 Å². The third-order valence-corrected chi connectivity index (χ3v) is 7.02. The fraction of sp³-hybridized carbons (Fsp3) is 0.304. The number of fused-ring (bicyclic) bond motifs is 1. The van der Waals surface area contributed by atoms with E-state index >= 15 is 0 Å². The van der Waals surface area contributed by atoms with Gasteiger partial charge in [0, 0.05) is 17.5 Å². The number of aromatic nitrogens is 2. The molecule has 0 aliphatic heterocycles. The Morgan fingerprint density at radius 2 is 2.13 bits per heavy atom. The molecule has 1 amide bonds. The minimum absolute atomic E-state index is 0.0394. The van der Waals surface area contributed by atoms with Crippen molar-refractivity contribution in [3.8, 4) is 17.2 Å². The number of carbonyl (C=O) groups excluding carboxylic acids is 1. The molecule has 1 atom stereocenters. The monoisotopic (exact) mass is 452 g/mol. The number of thioether (sulfide) groups is 1. The number of benzene rings is 1. The second kappa shape index (κ2) is 9.50. The third-order valence-electron chi connectivity index (χ3n) is 5.17. The number of hydrogen-bond donors (Lipinski definition) is 1. The molecule has 6 nitrogen and oxygen atoms in total. The predicted molar refractivity (Wildman–Crippen MR) is 127 cm³/mol. The van der Waals surface area contributed by atoms with Gasteiger partial charge >= 0.3 is 0 Å². The lowest BCUT2D eigenvalue weighted by Crippen LogP contribution is -2.49. The molecule has 1 N–H and O–H groups in total. The Labute approximate surface area is 189 Å². The molecule has 0 bridgehead atoms. The van der Waals surface area contributed by atoms with Gasteiger partial charge in [0.25, 0.3) is 5.56 Å². The summed E-state index contributed by atoms with van der Waals surface area (Å²) >= 11 is 2.59. The highest BCUT2D eigenvalue weighted by atomic mass is 32.2. The van der Waals surface area contributed by atoms with Crippen molar-refractivity contribution >= 4 is 39.2 Å². The van der Waals surface area contributed by atoms with Crippen LogP contribution in [0.4, 0.5) is 0 Å². The summed E-state index contributed by atoms with van der Waals surface area (Å²) in [6.45, 7) is 9.51. The third kappa shape index (κ3) is 4.73. The maximum absolute atomic E-state index is 13.3. The van der Waals surface area contributed by atoms with Crippen molar-refractivity contribution in [2.75, 3.05) is 5.75 Å². The van der Waals surface area contributed by atoms with Gasteiger partial charge in [-0.2, -0.15) is 5.26 Å². The van der Waals surface area contributed by atoms with Gasteiger partial charge in [-0.15, -0.1) is 17.9 Å². The number of hydrogen-bond acceptors (Lipinski definition) is 6. The Morgan fingerprint density at radius 1 is 1.42 bits per heavy atom. The zero-order valence-corrected chi connectivity index (χ0v) is 19.3. The summed E-state index contributed by atoms with van der Waals surface area (Å²) in [6.07, 6.45) is 1.64. The first-order chi connectivity index (χ1) is 14.8. The normalized spacial score (nSPS) is 13.0. The van der Waals surface area contributed by atoms with E-state index in [4.69, 9.17) is 0 Å². The average Bonchev–Trinajstić information content (AvgIpc) is 3.19. The summed E-state index contributed by atoms with van der Waals surface area (Å²) in [6, 6.07) is 11.9. The van der Waals surface area contributed by atoms with Gasteiger partial charge in [-0.1, -0.05) is 62.0 Å². The lowest BCUT2D eigenvalue weighted by molar-refractivity contribution is -0.120. The quantitative estimate of drug-likeness (QED) is 0.310. The van der Waals surface area contributed by atoms with Crippen LogP contribution >= 0.6 is 23.1 Å². The Balaban J connectivity index is 1.94. The standard InChI is InChI=1S/C23H24N4O2S2/c1-5-11-27-21(29)19-17(16-9-7-6-8-10-16)12-30-20(19)25-22(27)31-13-18(28)26-23(4,14-24)15(2)3/h5-10,12,15H,1,11,13H2,2-4H3,(H,26,28)/t23-/m0/s1. The molecule has 0 unspecified atom stereocenters. The van der Waals surface area contributed by atoms with E-state index in [1.54, 1.807) is 17.6 Å². The largest absolute Gasteiger partial charge is 0.337 e. The molecule has 0 saturated carbocycles. The number of nitrogens with zero attached hydrogens (tertiary/aromatic N) is 3. The maximum atomic E-state index is 13.3. The number of nitrogens with one attached hydrogen (secondary N) is 1. The topological polar surface area (TPSA) is 87.8 Å². The highest BCUT2D eigenvalue weighted by Crippen LogP contribution is 2.32. The molecule has 160 valence electrons. The molecule has 3 rings (SSSR count). The molecule has 2 heterocycles. The molecule has 0 spiro atoms. The molecule has 0 fully saturated rings. The van der Waals surface area contributed by atoms with Crippen molar-refractivity contribution in [3.63, 3.8) is 0 Å². The highest BCUT2D eigenvalue weighted by Gasteiger charge is 2.30. The average molecular weight is 453 g/mol. The van der Waals surface area contributed by atoms with Gasteiger partial charge in [-0.05, 0) is 18.4 Å². The molecule has 0 saturated heterocycles. The van der Waals surface area contributed by atoms with Crippen molar-refractivity contribution < 1.29 is 4.79 Å². The predicted octanol–water partition coefficient (Wildman–Crippen LogP) is 4.46. The molecular formula is C23H24N4O2S2. The van der Waals surface area contributed by atoms with Crippen LogP contribution < -0.4 is 10.9 Å². The zero-order chi connectivity index (χ0) is 22.6. The summed E-state index contributed by atoms with van der Waals surface area (Å²) in [5.74, 6) is -0.267. The fourth-order valence-electron chi connectivity index (χ4n) is 2.99. The number of nitriles is 1. The van der Waals surface area contributed by atoms with Crippen LogP contribution in [0, 0.1) is 17.2 Å². The SMILES string of the molecule is C=CCn1c(SCC(=O)N[C@@](C)(C#N)C(C)C)nc2scc(-c3ccccc3)c2c1=O. The lowest BCUT2D eigenvalue weighted by Gasteiger charge is -2.27. The first-order valence-corrected chi connectivity index (χ1v) is 11.7. The smallest absolute Gasteiger partial charge is 0.263 e. The molecule has 0 aliphatic carbocycles. The van der Waals surface area contributed by atoms with Crippen LogP contribution in [-0.4, -0.2) is 26.8 Å². The molecule has 31 heavy (non-hydrogen) atoms. The first-order valence-electron chi connectivity index (χ1n) is 9.84. The molecule has 1 aromatic carbocycles. The number of thiophene rings is 1. The van der Waals surface area contributed by atoms with Crippen molar-refractivity contribution in [2.45, 2.75) is 38.0 Å². The van der Waals surface area contributed by atoms with Crippen molar-refractivity contribution in [2.24, 2.45) is 5.92 Å². The van der Waals surface area contributed by atoms with Crippen LogP contribution in [0.2, 0.25) is 0 Å². The van der Waals surface area contributed by atoms with Crippen molar-refractivity contribution in [1.82, 2.24) is 14.9 Å². The van der Waals surface area contributed by atoms with Crippen LogP contribution in [0.25, 0.3) is 21.3 Å². The van der Waals surface area contributed by atoms with E-state index in [1.165, 1.54) is 23.1 Å².